The molecule has 4 aromatic rings. The molecule has 1 aliphatic rings. The van der Waals surface area contributed by atoms with Gasteiger partial charge in [0.25, 0.3) is 5.91 Å². The third kappa shape index (κ3) is 7.82. The molecule has 4 aromatic carbocycles. The van der Waals surface area contributed by atoms with E-state index in [1.165, 1.54) is 21.9 Å². The number of carbonyl (C=O) groups excluding carboxylic acids is 2. The fourth-order valence-electron chi connectivity index (χ4n) is 6.14. The number of carbonyl (C=O) groups is 2. The molecule has 5 nitrogen and oxygen atoms in total. The largest absolute Gasteiger partial charge is 0.460 e. The number of hydrogen-bond donors (Lipinski definition) is 1. The van der Waals surface area contributed by atoms with Crippen LogP contribution < -0.4 is 5.32 Å². The van der Waals surface area contributed by atoms with Gasteiger partial charge in [-0.1, -0.05) is 71.2 Å². The summed E-state index contributed by atoms with van der Waals surface area (Å²) in [4.78, 5) is 27.3. The summed E-state index contributed by atoms with van der Waals surface area (Å²) in [5.41, 5.74) is 4.82. The normalized spacial score (nSPS) is 17.9. The van der Waals surface area contributed by atoms with Gasteiger partial charge in [0.15, 0.2) is 0 Å². The minimum absolute atomic E-state index is 0.0950. The van der Waals surface area contributed by atoms with Crippen molar-refractivity contribution < 1.29 is 14.3 Å². The van der Waals surface area contributed by atoms with Gasteiger partial charge in [-0.2, -0.15) is 0 Å². The zero-order valence-electron chi connectivity index (χ0n) is 26.0. The van der Waals surface area contributed by atoms with Gasteiger partial charge in [-0.25, -0.2) is 0 Å². The zero-order valence-corrected chi connectivity index (χ0v) is 27.5. The molecule has 230 valence electrons. The summed E-state index contributed by atoms with van der Waals surface area (Å²) in [6.07, 6.45) is 1.07. The number of fused-ring (bicyclic) bond motifs is 1. The van der Waals surface area contributed by atoms with Crippen LogP contribution in [0.3, 0.4) is 0 Å². The Balaban J connectivity index is 1.34. The summed E-state index contributed by atoms with van der Waals surface area (Å²) in [6, 6.07) is 27.3. The molecule has 7 heteroatoms. The summed E-state index contributed by atoms with van der Waals surface area (Å²) >= 11 is 12.8. The molecule has 1 amide bonds. The number of halogens is 2. The molecule has 1 heterocycles. The van der Waals surface area contributed by atoms with Crippen molar-refractivity contribution in [2.24, 2.45) is 0 Å². The van der Waals surface area contributed by atoms with Crippen LogP contribution in [0, 0.1) is 6.92 Å². The molecule has 0 aromatic heterocycles. The average Bonchev–Trinajstić information content (AvgIpc) is 3.41. The third-order valence-electron chi connectivity index (χ3n) is 8.29. The third-order valence-corrected chi connectivity index (χ3v) is 8.72. The number of amides is 1. The monoisotopic (exact) mass is 630 g/mol. The van der Waals surface area contributed by atoms with Gasteiger partial charge in [0.1, 0.15) is 5.60 Å². The summed E-state index contributed by atoms with van der Waals surface area (Å²) in [7, 11) is 0. The van der Waals surface area contributed by atoms with E-state index in [1.807, 2.05) is 57.2 Å². The van der Waals surface area contributed by atoms with Gasteiger partial charge < -0.3 is 10.1 Å². The van der Waals surface area contributed by atoms with E-state index in [0.29, 0.717) is 15.6 Å². The first-order chi connectivity index (χ1) is 20.9. The molecule has 0 bridgehead atoms. The minimum Gasteiger partial charge on any atom is -0.460 e. The van der Waals surface area contributed by atoms with Crippen molar-refractivity contribution in [2.45, 2.75) is 71.1 Å². The van der Waals surface area contributed by atoms with Gasteiger partial charge in [0.05, 0.1) is 6.42 Å². The van der Waals surface area contributed by atoms with Crippen molar-refractivity contribution in [1.82, 2.24) is 10.2 Å². The molecule has 0 saturated carbocycles. The summed E-state index contributed by atoms with van der Waals surface area (Å²) < 4.78 is 5.32. The lowest BCUT2D eigenvalue weighted by Crippen LogP contribution is -2.29. The van der Waals surface area contributed by atoms with Gasteiger partial charge in [-0.15, -0.1) is 0 Å². The van der Waals surface area contributed by atoms with Crippen molar-refractivity contribution in [1.29, 1.82) is 0 Å². The van der Waals surface area contributed by atoms with E-state index >= 15 is 0 Å². The number of rotatable bonds is 8. The summed E-state index contributed by atoms with van der Waals surface area (Å²) in [6.45, 7) is 10.9. The molecule has 1 saturated heterocycles. The van der Waals surface area contributed by atoms with Crippen LogP contribution in [0.5, 0.6) is 0 Å². The Kier molecular flexibility index (Phi) is 9.69. The highest BCUT2D eigenvalue weighted by molar-refractivity contribution is 6.34. The van der Waals surface area contributed by atoms with Gasteiger partial charge in [0.2, 0.25) is 0 Å². The molecule has 1 aliphatic heterocycles. The molecular weight excluding hydrogens is 591 g/mol. The quantitative estimate of drug-likeness (QED) is 0.197. The molecule has 0 spiro atoms. The van der Waals surface area contributed by atoms with Crippen LogP contribution >= 0.6 is 23.2 Å². The number of ether oxygens (including phenoxy) is 1. The van der Waals surface area contributed by atoms with Crippen LogP contribution in [0.2, 0.25) is 10.0 Å². The molecule has 1 N–H and O–H groups in total. The lowest BCUT2D eigenvalue weighted by atomic mass is 9.92. The maximum atomic E-state index is 12.8. The number of likely N-dealkylation sites (tertiary alicyclic amines) is 1. The second-order valence-corrected chi connectivity index (χ2v) is 13.7. The maximum Gasteiger partial charge on any atom is 0.308 e. The Bertz CT molecular complexity index is 1640. The molecule has 0 radical (unpaired) electrons. The number of hydrogen-bond acceptors (Lipinski definition) is 4. The second kappa shape index (κ2) is 13.3. The van der Waals surface area contributed by atoms with Gasteiger partial charge >= 0.3 is 5.97 Å². The lowest BCUT2D eigenvalue weighted by molar-refractivity contribution is -0.154. The smallest absolute Gasteiger partial charge is 0.308 e. The van der Waals surface area contributed by atoms with Crippen LogP contribution in [0.1, 0.15) is 91.1 Å². The van der Waals surface area contributed by atoms with Crippen LogP contribution in [0.25, 0.3) is 10.8 Å². The fourth-order valence-corrected chi connectivity index (χ4v) is 6.68. The van der Waals surface area contributed by atoms with Crippen LogP contribution in [-0.4, -0.2) is 35.5 Å². The van der Waals surface area contributed by atoms with Crippen LogP contribution in [0.4, 0.5) is 0 Å². The Labute approximate surface area is 270 Å². The number of nitrogens with zero attached hydrogens (tertiary/aromatic N) is 1. The molecule has 1 fully saturated rings. The molecule has 5 rings (SSSR count). The standard InChI is InChI=1S/C37H40Cl2N2O3/c1-23-6-7-28-17-29(13-12-27(28)16-23)34-20-31(30-18-32(38)21-33(39)19-30)22-41(34)24(2)25-8-10-26(11-9-25)36(43)40-15-14-35(42)44-37(3,4)5/h6-13,16-19,21,24,31,34H,14-15,20,22H2,1-5H3,(H,40,43)/t24?,31-,34+/m0/s1. The highest BCUT2D eigenvalue weighted by atomic mass is 35.5. The maximum absolute atomic E-state index is 12.8. The van der Waals surface area contributed by atoms with E-state index in [9.17, 15) is 9.59 Å². The van der Waals surface area contributed by atoms with Crippen molar-refractivity contribution in [2.75, 3.05) is 13.1 Å². The van der Waals surface area contributed by atoms with E-state index in [-0.39, 0.29) is 42.8 Å². The second-order valence-electron chi connectivity index (χ2n) is 12.8. The molecule has 44 heavy (non-hydrogen) atoms. The van der Waals surface area contributed by atoms with Crippen molar-refractivity contribution in [3.63, 3.8) is 0 Å². The molecular formula is C37H40Cl2N2O3. The predicted molar refractivity (Wildman–Crippen MR) is 180 cm³/mol. The first kappa shape index (κ1) is 32.0. The lowest BCUT2D eigenvalue weighted by Gasteiger charge is -2.31. The van der Waals surface area contributed by atoms with E-state index < -0.39 is 5.60 Å². The van der Waals surface area contributed by atoms with Gasteiger partial charge in [0, 0.05) is 40.8 Å². The Morgan fingerprint density at radius 3 is 2.25 bits per heavy atom. The van der Waals surface area contributed by atoms with E-state index in [2.05, 4.69) is 60.5 Å². The van der Waals surface area contributed by atoms with E-state index in [4.69, 9.17) is 27.9 Å². The summed E-state index contributed by atoms with van der Waals surface area (Å²) in [5.74, 6) is -0.277. The first-order valence-electron chi connectivity index (χ1n) is 15.2. The Hall–Kier alpha value is -3.38. The number of aryl methyl sites for hydroxylation is 1. The highest BCUT2D eigenvalue weighted by Crippen LogP contribution is 2.46. The number of nitrogens with one attached hydrogen (secondary N) is 1. The van der Waals surface area contributed by atoms with Crippen molar-refractivity contribution in [3.8, 4) is 0 Å². The van der Waals surface area contributed by atoms with Crippen molar-refractivity contribution in [3.05, 3.63) is 117 Å². The summed E-state index contributed by atoms with van der Waals surface area (Å²) in [5, 5.41) is 6.60. The molecule has 0 aliphatic carbocycles. The van der Waals surface area contributed by atoms with E-state index in [1.54, 1.807) is 6.07 Å². The van der Waals surface area contributed by atoms with Crippen molar-refractivity contribution >= 4 is 45.9 Å². The Morgan fingerprint density at radius 1 is 0.909 bits per heavy atom. The minimum atomic E-state index is -0.545. The zero-order chi connectivity index (χ0) is 31.6. The topological polar surface area (TPSA) is 58.6 Å². The SMILES string of the molecule is Cc1ccc2cc([C@H]3C[C@H](c4cc(Cl)cc(Cl)c4)CN3C(C)c3ccc(C(=O)NCCC(=O)OC(C)(C)C)cc3)ccc2c1. The van der Waals surface area contributed by atoms with Gasteiger partial charge in [-0.3, -0.25) is 14.5 Å². The van der Waals surface area contributed by atoms with Crippen LogP contribution in [-0.2, 0) is 9.53 Å². The average molecular weight is 632 g/mol. The Morgan fingerprint density at radius 2 is 1.57 bits per heavy atom. The molecule has 3 atom stereocenters. The van der Waals surface area contributed by atoms with E-state index in [0.717, 1.165) is 24.1 Å². The number of benzene rings is 4. The molecule has 1 unspecified atom stereocenters. The first-order valence-corrected chi connectivity index (χ1v) is 15.9. The highest BCUT2D eigenvalue weighted by Gasteiger charge is 2.37. The van der Waals surface area contributed by atoms with Crippen LogP contribution in [0.15, 0.2) is 78.9 Å². The predicted octanol–water partition coefficient (Wildman–Crippen LogP) is 9.21. The number of esters is 1. The fraction of sp³-hybridized carbons (Fsp3) is 0.351. The van der Waals surface area contributed by atoms with Gasteiger partial charge in [-0.05, 0) is 111 Å².